The van der Waals surface area contributed by atoms with Gasteiger partial charge < -0.3 is 9.64 Å². The highest BCUT2D eigenvalue weighted by atomic mass is 35.5. The summed E-state index contributed by atoms with van der Waals surface area (Å²) in [6.45, 7) is 4.01. The lowest BCUT2D eigenvalue weighted by atomic mass is 9.68. The van der Waals surface area contributed by atoms with Crippen molar-refractivity contribution in [1.29, 1.82) is 0 Å². The van der Waals surface area contributed by atoms with Crippen LogP contribution in [-0.4, -0.2) is 58.7 Å². The Balaban J connectivity index is 1.19. The highest BCUT2D eigenvalue weighted by Gasteiger charge is 2.69. The van der Waals surface area contributed by atoms with Gasteiger partial charge in [0.15, 0.2) is 0 Å². The molecule has 3 aliphatic heterocycles. The molecule has 0 N–H and O–H groups in total. The number of aryl methyl sites for hydroxylation is 1. The molecular weight excluding hydrogens is 606 g/mol. The highest BCUT2D eigenvalue weighted by Crippen LogP contribution is 2.69. The fourth-order valence-electron chi connectivity index (χ4n) is 8.29. The van der Waals surface area contributed by atoms with Gasteiger partial charge in [0.05, 0.1) is 35.8 Å². The van der Waals surface area contributed by atoms with Gasteiger partial charge in [-0.3, -0.25) is 28.6 Å². The molecule has 1 aromatic heterocycles. The first-order chi connectivity index (χ1) is 20.8. The minimum absolute atomic E-state index is 0.0123. The molecule has 4 fully saturated rings. The van der Waals surface area contributed by atoms with Crippen LogP contribution in [0.5, 0.6) is 0 Å². The molecule has 2 saturated heterocycles. The van der Waals surface area contributed by atoms with Crippen LogP contribution in [0.2, 0.25) is 5.02 Å². The van der Waals surface area contributed by atoms with E-state index in [1.54, 1.807) is 21.2 Å². The van der Waals surface area contributed by atoms with Crippen LogP contribution in [0.3, 0.4) is 0 Å². The third kappa shape index (κ3) is 4.20. The van der Waals surface area contributed by atoms with Crippen molar-refractivity contribution in [2.75, 3.05) is 31.2 Å². The van der Waals surface area contributed by atoms with Gasteiger partial charge in [0.2, 0.25) is 17.7 Å². The van der Waals surface area contributed by atoms with Gasteiger partial charge in [-0.05, 0) is 60.9 Å². The fourth-order valence-corrected chi connectivity index (χ4v) is 11.6. The summed E-state index contributed by atoms with van der Waals surface area (Å²) < 4.78 is 7.05. The molecule has 3 amide bonds. The lowest BCUT2D eigenvalue weighted by molar-refractivity contribution is -0.136. The molecule has 11 heteroatoms. The van der Waals surface area contributed by atoms with Gasteiger partial charge in [-0.15, -0.1) is 11.8 Å². The lowest BCUT2D eigenvalue weighted by Gasteiger charge is -2.43. The van der Waals surface area contributed by atoms with E-state index in [2.05, 4.69) is 0 Å². The number of fused-ring (bicyclic) bond motifs is 9. The van der Waals surface area contributed by atoms with Crippen molar-refractivity contribution < 1.29 is 19.1 Å². The Morgan fingerprint density at radius 2 is 1.63 bits per heavy atom. The molecule has 8 rings (SSSR count). The Hall–Kier alpha value is -2.92. The molecule has 7 unspecified atom stereocenters. The van der Waals surface area contributed by atoms with Crippen LogP contribution in [-0.2, 0) is 25.7 Å². The number of aromatic nitrogens is 1. The quantitative estimate of drug-likeness (QED) is 0.395. The number of carbonyl (C=O) groups excluding carboxylic acids is 3. The summed E-state index contributed by atoms with van der Waals surface area (Å²) in [4.78, 5) is 58.7. The molecular formula is C32H30ClN3O5S2. The summed E-state index contributed by atoms with van der Waals surface area (Å²) in [6.07, 6.45) is 0.812. The van der Waals surface area contributed by atoms with Crippen molar-refractivity contribution in [3.63, 3.8) is 0 Å². The molecule has 2 aromatic carbocycles. The van der Waals surface area contributed by atoms with E-state index in [0.717, 1.165) is 27.5 Å². The summed E-state index contributed by atoms with van der Waals surface area (Å²) in [5.41, 5.74) is 2.75. The van der Waals surface area contributed by atoms with Crippen molar-refractivity contribution in [2.45, 2.75) is 36.1 Å². The van der Waals surface area contributed by atoms with Gasteiger partial charge in [-0.1, -0.05) is 52.8 Å². The molecule has 0 spiro atoms. The van der Waals surface area contributed by atoms with Crippen LogP contribution < -0.4 is 9.77 Å². The van der Waals surface area contributed by atoms with Gasteiger partial charge in [0.1, 0.15) is 6.54 Å². The molecule has 222 valence electrons. The molecule has 7 atom stereocenters. The van der Waals surface area contributed by atoms with E-state index in [1.807, 2.05) is 55.5 Å². The largest absolute Gasteiger partial charge is 0.378 e. The third-order valence-corrected chi connectivity index (χ3v) is 13.2. The molecule has 2 saturated carbocycles. The molecule has 2 aliphatic carbocycles. The first kappa shape index (κ1) is 27.6. The molecule has 8 nitrogen and oxygen atoms in total. The number of thiazole rings is 1. The number of benzene rings is 2. The number of anilines is 1. The zero-order valence-corrected chi connectivity index (χ0v) is 25.9. The van der Waals surface area contributed by atoms with E-state index in [9.17, 15) is 19.2 Å². The second-order valence-corrected chi connectivity index (χ2v) is 14.9. The Kier molecular flexibility index (Phi) is 6.63. The van der Waals surface area contributed by atoms with E-state index >= 15 is 0 Å². The van der Waals surface area contributed by atoms with Crippen LogP contribution >= 0.6 is 34.7 Å². The van der Waals surface area contributed by atoms with Crippen LogP contribution in [0.15, 0.2) is 58.4 Å². The van der Waals surface area contributed by atoms with E-state index < -0.39 is 0 Å². The SMILES string of the molecule is Cc1ccc(N2C(=O)C3C4CC(C3C2=O)C2C(c3ccc(Cl)cc3)c3sc(=O)n(CC(=O)N5CCOCC5)c3SC42)cc1. The zero-order chi connectivity index (χ0) is 29.6. The summed E-state index contributed by atoms with van der Waals surface area (Å²) >= 11 is 9.14. The van der Waals surface area contributed by atoms with Crippen molar-refractivity contribution in [3.05, 3.63) is 79.2 Å². The van der Waals surface area contributed by atoms with Crippen LogP contribution in [0, 0.1) is 36.5 Å². The first-order valence-corrected chi connectivity index (χ1v) is 16.8. The van der Waals surface area contributed by atoms with Gasteiger partial charge >= 0.3 is 4.87 Å². The van der Waals surface area contributed by atoms with E-state index in [0.29, 0.717) is 37.0 Å². The lowest BCUT2D eigenvalue weighted by Crippen LogP contribution is -2.44. The number of imide groups is 1. The number of hydrogen-bond donors (Lipinski definition) is 0. The Morgan fingerprint density at radius 3 is 2.33 bits per heavy atom. The number of hydrogen-bond acceptors (Lipinski definition) is 7. The van der Waals surface area contributed by atoms with Gasteiger partial charge in [0.25, 0.3) is 0 Å². The Labute approximate surface area is 261 Å². The van der Waals surface area contributed by atoms with Crippen LogP contribution in [0.4, 0.5) is 5.69 Å². The standard InChI is InChI=1S/C32H30ClN3O5S2/c1-16-2-8-19(9-3-16)36-29(38)25-20-14-21(26(25)30(36)39)27-24(20)23(17-4-6-18(33)7-5-17)28-31(42-27)35(32(40)43-28)15-22(37)34-10-12-41-13-11-34/h2-9,20-21,23-27H,10-15H2,1H3. The molecule has 2 bridgehead atoms. The van der Waals surface area contributed by atoms with E-state index in [1.165, 1.54) is 16.2 Å². The Morgan fingerprint density at radius 1 is 0.953 bits per heavy atom. The highest BCUT2D eigenvalue weighted by molar-refractivity contribution is 8.00. The second kappa shape index (κ2) is 10.3. The first-order valence-electron chi connectivity index (χ1n) is 14.8. The summed E-state index contributed by atoms with van der Waals surface area (Å²) in [5.74, 6) is -1.03. The molecule has 0 radical (unpaired) electrons. The maximum atomic E-state index is 14.0. The van der Waals surface area contributed by atoms with Crippen molar-refractivity contribution in [2.24, 2.45) is 29.6 Å². The average molecular weight is 636 g/mol. The summed E-state index contributed by atoms with van der Waals surface area (Å²) in [5, 5.41) is 1.51. The number of thioether (sulfide) groups is 1. The minimum atomic E-state index is -0.367. The number of rotatable bonds is 4. The normalized spacial score (nSPS) is 30.9. The van der Waals surface area contributed by atoms with Crippen molar-refractivity contribution >= 4 is 58.1 Å². The number of amides is 3. The smallest absolute Gasteiger partial charge is 0.308 e. The number of nitrogens with zero attached hydrogens (tertiary/aromatic N) is 3. The topological polar surface area (TPSA) is 88.9 Å². The van der Waals surface area contributed by atoms with E-state index in [-0.39, 0.29) is 69.9 Å². The van der Waals surface area contributed by atoms with Crippen molar-refractivity contribution in [1.82, 2.24) is 9.47 Å². The molecule has 3 aromatic rings. The number of carbonyl (C=O) groups is 3. The maximum Gasteiger partial charge on any atom is 0.308 e. The van der Waals surface area contributed by atoms with Crippen molar-refractivity contribution in [3.8, 4) is 0 Å². The van der Waals surface area contributed by atoms with Gasteiger partial charge in [-0.2, -0.15) is 0 Å². The van der Waals surface area contributed by atoms with Crippen LogP contribution in [0.25, 0.3) is 0 Å². The monoisotopic (exact) mass is 635 g/mol. The summed E-state index contributed by atoms with van der Waals surface area (Å²) in [7, 11) is 0. The van der Waals surface area contributed by atoms with Crippen LogP contribution in [0.1, 0.15) is 28.3 Å². The second-order valence-electron chi connectivity index (χ2n) is 12.3. The van der Waals surface area contributed by atoms with E-state index in [4.69, 9.17) is 16.3 Å². The summed E-state index contributed by atoms with van der Waals surface area (Å²) in [6, 6.07) is 15.3. The molecule has 43 heavy (non-hydrogen) atoms. The maximum absolute atomic E-state index is 14.0. The van der Waals surface area contributed by atoms with Gasteiger partial charge in [-0.25, -0.2) is 0 Å². The Bertz CT molecular complexity index is 1700. The molecule has 4 heterocycles. The number of ether oxygens (including phenoxy) is 1. The average Bonchev–Trinajstić information content (AvgIpc) is 3.73. The fraction of sp³-hybridized carbons (Fsp3) is 0.438. The predicted octanol–water partition coefficient (Wildman–Crippen LogP) is 4.41. The minimum Gasteiger partial charge on any atom is -0.378 e. The third-order valence-electron chi connectivity index (χ3n) is 10.1. The molecule has 5 aliphatic rings. The van der Waals surface area contributed by atoms with Gasteiger partial charge in [0, 0.05) is 34.2 Å². The number of morpholine rings is 1. The zero-order valence-electron chi connectivity index (χ0n) is 23.5. The predicted molar refractivity (Wildman–Crippen MR) is 165 cm³/mol. The number of halogens is 1.